The molecule has 3 heterocycles. The third-order valence-electron chi connectivity index (χ3n) is 6.51. The fraction of sp³-hybridized carbons (Fsp3) is 0.222. The van der Waals surface area contributed by atoms with E-state index in [4.69, 9.17) is 27.9 Å². The van der Waals surface area contributed by atoms with Gasteiger partial charge in [0.2, 0.25) is 11.3 Å². The van der Waals surface area contributed by atoms with Crippen LogP contribution >= 0.6 is 23.2 Å². The Kier molecular flexibility index (Phi) is 6.60. The van der Waals surface area contributed by atoms with Crippen LogP contribution in [-0.2, 0) is 0 Å². The van der Waals surface area contributed by atoms with Gasteiger partial charge in [-0.1, -0.05) is 41.4 Å². The van der Waals surface area contributed by atoms with Gasteiger partial charge in [0.05, 0.1) is 22.3 Å². The number of hydrogen-bond donors (Lipinski definition) is 1. The highest BCUT2D eigenvalue weighted by molar-refractivity contribution is 6.34. The number of aromatic carboxylic acids is 1. The smallest absolute Gasteiger partial charge is 0.341 e. The average Bonchev–Trinajstić information content (AvgIpc) is 3.36. The summed E-state index contributed by atoms with van der Waals surface area (Å²) in [6, 6.07) is 16.2. The molecule has 0 saturated carbocycles. The van der Waals surface area contributed by atoms with Crippen molar-refractivity contribution in [1.29, 1.82) is 0 Å². The number of carbonyl (C=O) groups is 1. The molecule has 0 bridgehead atoms. The first kappa shape index (κ1) is 24.2. The quantitative estimate of drug-likeness (QED) is 0.342. The molecule has 1 unspecified atom stereocenters. The first-order valence-electron chi connectivity index (χ1n) is 11.6. The van der Waals surface area contributed by atoms with Crippen molar-refractivity contribution < 1.29 is 14.6 Å². The van der Waals surface area contributed by atoms with Crippen LogP contribution in [0.5, 0.6) is 5.88 Å². The lowest BCUT2D eigenvalue weighted by Crippen LogP contribution is -2.41. The van der Waals surface area contributed by atoms with E-state index >= 15 is 0 Å². The Hall–Kier alpha value is -3.55. The van der Waals surface area contributed by atoms with Crippen molar-refractivity contribution in [2.24, 2.45) is 0 Å². The molecule has 7 nitrogen and oxygen atoms in total. The van der Waals surface area contributed by atoms with Gasteiger partial charge in [0.1, 0.15) is 16.7 Å². The first-order chi connectivity index (χ1) is 17.3. The molecule has 4 aromatic rings. The van der Waals surface area contributed by atoms with E-state index < -0.39 is 11.4 Å². The number of rotatable bonds is 6. The van der Waals surface area contributed by atoms with E-state index in [0.717, 1.165) is 30.8 Å². The zero-order valence-electron chi connectivity index (χ0n) is 19.4. The van der Waals surface area contributed by atoms with Crippen molar-refractivity contribution in [2.45, 2.75) is 31.9 Å². The minimum atomic E-state index is -1.29. The number of fused-ring (bicyclic) bond motifs is 1. The number of pyridine rings is 2. The number of benzene rings is 2. The molecule has 2 atom stereocenters. The lowest BCUT2D eigenvalue weighted by atomic mass is 10.1. The van der Waals surface area contributed by atoms with Crippen LogP contribution in [0.1, 0.15) is 30.1 Å². The van der Waals surface area contributed by atoms with Gasteiger partial charge < -0.3 is 19.3 Å². The Labute approximate surface area is 217 Å². The molecule has 0 radical (unpaired) electrons. The average molecular weight is 524 g/mol. The largest absolute Gasteiger partial charge is 0.477 e. The van der Waals surface area contributed by atoms with E-state index in [1.807, 2.05) is 43.3 Å². The zero-order valence-corrected chi connectivity index (χ0v) is 20.9. The predicted molar refractivity (Wildman–Crippen MR) is 141 cm³/mol. The number of aromatic nitrogens is 2. The fourth-order valence-electron chi connectivity index (χ4n) is 4.80. The normalized spacial score (nSPS) is 16.3. The van der Waals surface area contributed by atoms with Crippen LogP contribution in [-0.4, -0.2) is 39.3 Å². The molecule has 5 rings (SSSR count). The Morgan fingerprint density at radius 1 is 1.14 bits per heavy atom. The van der Waals surface area contributed by atoms with Crippen LogP contribution in [0.25, 0.3) is 16.6 Å². The van der Waals surface area contributed by atoms with Crippen LogP contribution in [0.4, 0.5) is 5.69 Å². The van der Waals surface area contributed by atoms with Gasteiger partial charge >= 0.3 is 5.97 Å². The van der Waals surface area contributed by atoms with Gasteiger partial charge in [-0.05, 0) is 56.2 Å². The van der Waals surface area contributed by atoms with Crippen molar-refractivity contribution >= 4 is 45.8 Å². The molecule has 2 aromatic carbocycles. The van der Waals surface area contributed by atoms with Crippen LogP contribution < -0.4 is 15.1 Å². The number of carboxylic acid groups (broad SMARTS) is 1. The molecular weight excluding hydrogens is 501 g/mol. The van der Waals surface area contributed by atoms with E-state index in [9.17, 15) is 14.7 Å². The van der Waals surface area contributed by atoms with Gasteiger partial charge in [-0.3, -0.25) is 4.79 Å². The summed E-state index contributed by atoms with van der Waals surface area (Å²) in [4.78, 5) is 31.3. The van der Waals surface area contributed by atoms with Crippen LogP contribution in [0.3, 0.4) is 0 Å². The monoisotopic (exact) mass is 523 g/mol. The summed E-state index contributed by atoms with van der Waals surface area (Å²) in [7, 11) is 0. The molecule has 184 valence electrons. The van der Waals surface area contributed by atoms with Gasteiger partial charge in [0.25, 0.3) is 0 Å². The van der Waals surface area contributed by atoms with E-state index in [1.165, 1.54) is 6.20 Å². The molecule has 9 heteroatoms. The van der Waals surface area contributed by atoms with Gasteiger partial charge in [0, 0.05) is 30.0 Å². The standard InChI is InChI=1S/C27H23Cl2N3O4/c1-16(36-26-20(28)9-5-11-30-26)22-10-6-12-31(22)24-14-23-18(13-21(24)29)25(33)19(27(34)35)15-32(23)17-7-3-2-4-8-17/h2-5,7-9,11,13-16,22H,6,10,12H2,1H3,(H,34,35)/t16?,22-/m1/s1. The zero-order chi connectivity index (χ0) is 25.4. The molecule has 1 fully saturated rings. The van der Waals surface area contributed by atoms with Gasteiger partial charge in [-0.15, -0.1) is 0 Å². The van der Waals surface area contributed by atoms with Gasteiger partial charge in [-0.2, -0.15) is 0 Å². The second-order valence-electron chi connectivity index (χ2n) is 8.72. The second kappa shape index (κ2) is 9.84. The van der Waals surface area contributed by atoms with E-state index in [2.05, 4.69) is 9.88 Å². The molecule has 0 spiro atoms. The molecule has 1 N–H and O–H groups in total. The highest BCUT2D eigenvalue weighted by atomic mass is 35.5. The second-order valence-corrected chi connectivity index (χ2v) is 9.53. The minimum Gasteiger partial charge on any atom is -0.477 e. The van der Waals surface area contributed by atoms with Crippen molar-refractivity contribution in [3.05, 3.63) is 92.8 Å². The van der Waals surface area contributed by atoms with E-state index in [-0.39, 0.29) is 23.1 Å². The Morgan fingerprint density at radius 2 is 1.92 bits per heavy atom. The highest BCUT2D eigenvalue weighted by Gasteiger charge is 2.33. The molecule has 0 aliphatic carbocycles. The van der Waals surface area contributed by atoms with Crippen molar-refractivity contribution in [3.8, 4) is 11.6 Å². The maximum atomic E-state index is 13.0. The summed E-state index contributed by atoms with van der Waals surface area (Å²) in [5.74, 6) is -0.909. The third-order valence-corrected chi connectivity index (χ3v) is 7.10. The summed E-state index contributed by atoms with van der Waals surface area (Å²) >= 11 is 13.0. The maximum Gasteiger partial charge on any atom is 0.341 e. The number of ether oxygens (including phenoxy) is 1. The number of nitrogens with zero attached hydrogens (tertiary/aromatic N) is 3. The number of halogens is 2. The van der Waals surface area contributed by atoms with Crippen molar-refractivity contribution in [2.75, 3.05) is 11.4 Å². The SMILES string of the molecule is CC(Oc1ncccc1Cl)[C@H]1CCCN1c1cc2c(cc1Cl)c(=O)c(C(=O)O)cn2-c1ccccc1. The molecule has 0 amide bonds. The Morgan fingerprint density at radius 3 is 2.64 bits per heavy atom. The van der Waals surface area contributed by atoms with E-state index in [1.54, 1.807) is 29.0 Å². The molecular formula is C27H23Cl2N3O4. The number of para-hydroxylation sites is 1. The number of hydrogen-bond acceptors (Lipinski definition) is 5. The predicted octanol–water partition coefficient (Wildman–Crippen LogP) is 5.83. The highest BCUT2D eigenvalue weighted by Crippen LogP contribution is 2.37. The molecule has 1 saturated heterocycles. The Bertz CT molecular complexity index is 1510. The van der Waals surface area contributed by atoms with E-state index in [0.29, 0.717) is 21.4 Å². The van der Waals surface area contributed by atoms with Crippen molar-refractivity contribution in [1.82, 2.24) is 9.55 Å². The van der Waals surface area contributed by atoms with Crippen molar-refractivity contribution in [3.63, 3.8) is 0 Å². The van der Waals surface area contributed by atoms with Crippen LogP contribution in [0, 0.1) is 0 Å². The van der Waals surface area contributed by atoms with Crippen LogP contribution in [0.2, 0.25) is 10.0 Å². The number of anilines is 1. The first-order valence-corrected chi connectivity index (χ1v) is 12.3. The molecule has 1 aliphatic heterocycles. The lowest BCUT2D eigenvalue weighted by Gasteiger charge is -2.32. The fourth-order valence-corrected chi connectivity index (χ4v) is 5.24. The van der Waals surface area contributed by atoms with Crippen LogP contribution in [0.15, 0.2) is 71.8 Å². The summed E-state index contributed by atoms with van der Waals surface area (Å²) < 4.78 is 7.84. The lowest BCUT2D eigenvalue weighted by molar-refractivity contribution is 0.0695. The maximum absolute atomic E-state index is 13.0. The molecule has 1 aliphatic rings. The summed E-state index contributed by atoms with van der Waals surface area (Å²) in [5, 5.41) is 10.7. The molecule has 2 aromatic heterocycles. The topological polar surface area (TPSA) is 84.7 Å². The van der Waals surface area contributed by atoms with Gasteiger partial charge in [-0.25, -0.2) is 9.78 Å². The Balaban J connectivity index is 1.61. The third kappa shape index (κ3) is 4.40. The summed E-state index contributed by atoms with van der Waals surface area (Å²) in [6.07, 6.45) is 4.58. The summed E-state index contributed by atoms with van der Waals surface area (Å²) in [6.45, 7) is 2.73. The number of carboxylic acids is 1. The summed E-state index contributed by atoms with van der Waals surface area (Å²) in [5.41, 5.74) is 1.17. The van der Waals surface area contributed by atoms with Gasteiger partial charge in [0.15, 0.2) is 0 Å². The minimum absolute atomic E-state index is 0.00628. The molecule has 36 heavy (non-hydrogen) atoms.